The molecular weight excluding hydrogens is 261 g/mol. The van der Waals surface area contributed by atoms with Gasteiger partial charge in [-0.25, -0.2) is 9.18 Å². The Morgan fingerprint density at radius 3 is 2.74 bits per heavy atom. The van der Waals surface area contributed by atoms with Crippen molar-refractivity contribution < 1.29 is 24.4 Å². The van der Waals surface area contributed by atoms with Gasteiger partial charge in [0.15, 0.2) is 12.4 Å². The van der Waals surface area contributed by atoms with E-state index in [0.29, 0.717) is 0 Å². The van der Waals surface area contributed by atoms with E-state index in [1.165, 1.54) is 0 Å². The van der Waals surface area contributed by atoms with Crippen LogP contribution in [0.15, 0.2) is 11.0 Å². The van der Waals surface area contributed by atoms with Gasteiger partial charge in [-0.15, -0.1) is 0 Å². The number of nitrogens with two attached hydrogens (primary N) is 1. The van der Waals surface area contributed by atoms with Crippen molar-refractivity contribution in [2.45, 2.75) is 31.2 Å². The number of halogens is 1. The average Bonchev–Trinajstić information content (AvgIpc) is 2.67. The molecule has 1 aliphatic rings. The van der Waals surface area contributed by atoms with Gasteiger partial charge in [-0.1, -0.05) is 0 Å². The molecule has 0 aromatic carbocycles. The lowest BCUT2D eigenvalue weighted by atomic mass is 10.1. The van der Waals surface area contributed by atoms with Crippen LogP contribution in [0.5, 0.6) is 0 Å². The lowest BCUT2D eigenvalue weighted by Gasteiger charge is -2.17. The largest absolute Gasteiger partial charge is 0.394 e. The Labute approximate surface area is 106 Å². The first-order valence-electron chi connectivity index (χ1n) is 5.56. The highest BCUT2D eigenvalue weighted by Crippen LogP contribution is 2.30. The third kappa shape index (κ3) is 2.32. The second-order valence-corrected chi connectivity index (χ2v) is 4.18. The molecule has 0 unspecified atom stereocenters. The molecule has 19 heavy (non-hydrogen) atoms. The van der Waals surface area contributed by atoms with E-state index in [0.717, 1.165) is 10.8 Å². The molecule has 0 amide bonds. The summed E-state index contributed by atoms with van der Waals surface area (Å²) in [5.41, 5.74) is 4.68. The van der Waals surface area contributed by atoms with Crippen LogP contribution in [-0.4, -0.2) is 49.9 Å². The molecule has 0 bridgehead atoms. The van der Waals surface area contributed by atoms with E-state index in [1.807, 2.05) is 0 Å². The molecule has 8 nitrogen and oxygen atoms in total. The van der Waals surface area contributed by atoms with Crippen molar-refractivity contribution in [3.8, 4) is 0 Å². The molecule has 9 heteroatoms. The summed E-state index contributed by atoms with van der Waals surface area (Å²) in [6, 6.07) is 0. The summed E-state index contributed by atoms with van der Waals surface area (Å²) in [6.07, 6.45) is -4.86. The van der Waals surface area contributed by atoms with Gasteiger partial charge in [-0.05, 0) is 0 Å². The molecule has 0 radical (unpaired) electrons. The SMILES string of the molecule is Nc1nc(=O)n([C@H]2O[C@H](CO)[C@@H](O)[C@@H]2F)cc1CO. The summed E-state index contributed by atoms with van der Waals surface area (Å²) in [5.74, 6) is -0.156. The molecule has 0 spiro atoms. The van der Waals surface area contributed by atoms with Gasteiger partial charge in [0.05, 0.1) is 13.2 Å². The lowest BCUT2D eigenvalue weighted by molar-refractivity contribution is -0.0492. The third-order valence-corrected chi connectivity index (χ3v) is 2.98. The number of alkyl halides is 1. The number of aliphatic hydroxyl groups is 3. The van der Waals surface area contributed by atoms with Crippen LogP contribution in [0.2, 0.25) is 0 Å². The molecule has 1 saturated heterocycles. The van der Waals surface area contributed by atoms with Crippen LogP contribution in [0, 0.1) is 0 Å². The highest BCUT2D eigenvalue weighted by molar-refractivity contribution is 5.36. The number of anilines is 1. The Kier molecular flexibility index (Phi) is 3.80. The predicted octanol–water partition coefficient (Wildman–Crippen LogP) is -2.09. The Morgan fingerprint density at radius 1 is 1.53 bits per heavy atom. The van der Waals surface area contributed by atoms with E-state index >= 15 is 0 Å². The van der Waals surface area contributed by atoms with Crippen LogP contribution in [0.4, 0.5) is 10.2 Å². The van der Waals surface area contributed by atoms with Gasteiger partial charge in [0.1, 0.15) is 18.0 Å². The summed E-state index contributed by atoms with van der Waals surface area (Å²) in [6.45, 7) is -1.06. The maximum Gasteiger partial charge on any atom is 0.351 e. The monoisotopic (exact) mass is 275 g/mol. The van der Waals surface area contributed by atoms with Crippen LogP contribution in [0.1, 0.15) is 11.8 Å². The molecule has 1 aromatic heterocycles. The molecule has 106 valence electrons. The number of aliphatic hydroxyl groups excluding tert-OH is 3. The van der Waals surface area contributed by atoms with Gasteiger partial charge in [0.25, 0.3) is 0 Å². The van der Waals surface area contributed by atoms with Crippen molar-refractivity contribution in [3.63, 3.8) is 0 Å². The van der Waals surface area contributed by atoms with Crippen LogP contribution >= 0.6 is 0 Å². The molecule has 1 aromatic rings. The second-order valence-electron chi connectivity index (χ2n) is 4.18. The standard InChI is InChI=1S/C10H14FN3O5/c11-6-7(17)5(3-16)19-9(6)14-1-4(2-15)8(12)13-10(14)18/h1,5-7,9,15-17H,2-3H2,(H2,12,13,18)/t5-,6+,7-,9+/m1/s1. The van der Waals surface area contributed by atoms with E-state index in [1.54, 1.807) is 0 Å². The van der Waals surface area contributed by atoms with Crippen molar-refractivity contribution in [1.82, 2.24) is 9.55 Å². The molecule has 1 fully saturated rings. The van der Waals surface area contributed by atoms with Crippen LogP contribution < -0.4 is 11.4 Å². The van der Waals surface area contributed by atoms with Crippen molar-refractivity contribution in [3.05, 3.63) is 22.2 Å². The Morgan fingerprint density at radius 2 is 2.21 bits per heavy atom. The molecule has 0 saturated carbocycles. The first-order valence-corrected chi connectivity index (χ1v) is 5.56. The van der Waals surface area contributed by atoms with Gasteiger partial charge in [0, 0.05) is 11.8 Å². The number of ether oxygens (including phenoxy) is 1. The van der Waals surface area contributed by atoms with Crippen molar-refractivity contribution >= 4 is 5.82 Å². The van der Waals surface area contributed by atoms with Crippen LogP contribution in [0.25, 0.3) is 0 Å². The summed E-state index contributed by atoms with van der Waals surface area (Å²) >= 11 is 0. The zero-order valence-electron chi connectivity index (χ0n) is 9.81. The average molecular weight is 275 g/mol. The molecule has 0 aliphatic carbocycles. The topological polar surface area (TPSA) is 131 Å². The Hall–Kier alpha value is -1.55. The zero-order chi connectivity index (χ0) is 14.2. The minimum absolute atomic E-state index is 0.136. The predicted molar refractivity (Wildman–Crippen MR) is 60.7 cm³/mol. The highest BCUT2D eigenvalue weighted by atomic mass is 19.1. The molecule has 4 atom stereocenters. The molecule has 5 N–H and O–H groups in total. The van der Waals surface area contributed by atoms with E-state index in [9.17, 15) is 14.3 Å². The van der Waals surface area contributed by atoms with Crippen molar-refractivity contribution in [2.24, 2.45) is 0 Å². The Balaban J connectivity index is 2.40. The molecular formula is C10H14FN3O5. The van der Waals surface area contributed by atoms with Crippen molar-refractivity contribution in [1.29, 1.82) is 0 Å². The summed E-state index contributed by atoms with van der Waals surface area (Å²) in [5, 5.41) is 27.4. The summed E-state index contributed by atoms with van der Waals surface area (Å²) in [4.78, 5) is 15.1. The minimum Gasteiger partial charge on any atom is -0.394 e. The quantitative estimate of drug-likeness (QED) is 0.497. The zero-order valence-corrected chi connectivity index (χ0v) is 9.81. The van der Waals surface area contributed by atoms with E-state index in [-0.39, 0.29) is 11.4 Å². The fourth-order valence-corrected chi connectivity index (χ4v) is 1.90. The molecule has 1 aliphatic heterocycles. The van der Waals surface area contributed by atoms with Gasteiger partial charge in [0.2, 0.25) is 0 Å². The Bertz CT molecular complexity index is 522. The maximum absolute atomic E-state index is 13.9. The van der Waals surface area contributed by atoms with Gasteiger partial charge in [-0.3, -0.25) is 4.57 Å². The number of rotatable bonds is 3. The minimum atomic E-state index is -1.90. The van der Waals surface area contributed by atoms with Gasteiger partial charge < -0.3 is 25.8 Å². The number of nitrogen functional groups attached to an aromatic ring is 1. The van der Waals surface area contributed by atoms with Gasteiger partial charge >= 0.3 is 5.69 Å². The summed E-state index contributed by atoms with van der Waals surface area (Å²) < 4.78 is 19.7. The smallest absolute Gasteiger partial charge is 0.351 e. The highest BCUT2D eigenvalue weighted by Gasteiger charge is 2.45. The molecule has 2 rings (SSSR count). The fraction of sp³-hybridized carbons (Fsp3) is 0.600. The van der Waals surface area contributed by atoms with E-state index < -0.39 is 43.5 Å². The van der Waals surface area contributed by atoms with Crippen molar-refractivity contribution in [2.75, 3.05) is 12.3 Å². The number of aromatic nitrogens is 2. The normalized spacial score (nSPS) is 30.7. The number of nitrogens with zero attached hydrogens (tertiary/aromatic N) is 2. The lowest BCUT2D eigenvalue weighted by Crippen LogP contribution is -2.34. The first-order chi connectivity index (χ1) is 8.99. The van der Waals surface area contributed by atoms with E-state index in [2.05, 4.69) is 4.98 Å². The second kappa shape index (κ2) is 5.21. The number of hydrogen-bond donors (Lipinski definition) is 4. The number of hydrogen-bond acceptors (Lipinski definition) is 7. The van der Waals surface area contributed by atoms with E-state index in [4.69, 9.17) is 20.7 Å². The maximum atomic E-state index is 13.9. The fourth-order valence-electron chi connectivity index (χ4n) is 1.90. The molecule has 2 heterocycles. The van der Waals surface area contributed by atoms with Crippen LogP contribution in [-0.2, 0) is 11.3 Å². The summed E-state index contributed by atoms with van der Waals surface area (Å²) in [7, 11) is 0. The van der Waals surface area contributed by atoms with Crippen LogP contribution in [0.3, 0.4) is 0 Å². The third-order valence-electron chi connectivity index (χ3n) is 2.98. The first kappa shape index (κ1) is 13.9. The van der Waals surface area contributed by atoms with Gasteiger partial charge in [-0.2, -0.15) is 4.98 Å².